The number of hydrogen-bond acceptors (Lipinski definition) is 8. The number of pyridine rings is 1. The minimum atomic E-state index is -2.36. The molecule has 0 aliphatic carbocycles. The molecular formula is C56H61F3N6O2Si. The van der Waals surface area contributed by atoms with Gasteiger partial charge in [-0.15, -0.1) is 5.54 Å². The lowest BCUT2D eigenvalue weighted by molar-refractivity contribution is 0.107. The topological polar surface area (TPSA) is 76.0 Å². The van der Waals surface area contributed by atoms with Crippen LogP contribution in [0.4, 0.5) is 24.7 Å². The van der Waals surface area contributed by atoms with Crippen molar-refractivity contribution < 1.29 is 22.6 Å². The van der Waals surface area contributed by atoms with E-state index in [9.17, 15) is 4.39 Å². The second-order valence-electron chi connectivity index (χ2n) is 20.3. The second kappa shape index (κ2) is 18.7. The molecule has 0 unspecified atom stereocenters. The van der Waals surface area contributed by atoms with Crippen LogP contribution in [0.5, 0.6) is 6.01 Å². The van der Waals surface area contributed by atoms with Gasteiger partial charge in [0.15, 0.2) is 5.82 Å². The number of aryl methyl sites for hydroxylation is 1. The third-order valence-electron chi connectivity index (χ3n) is 15.4. The lowest BCUT2D eigenvalue weighted by Crippen LogP contribution is -2.43. The maximum atomic E-state index is 18.4. The van der Waals surface area contributed by atoms with Crippen LogP contribution in [0.2, 0.25) is 16.6 Å². The number of fused-ring (bicyclic) bond motifs is 4. The van der Waals surface area contributed by atoms with Gasteiger partial charge in [0.25, 0.3) is 0 Å². The SMILES string of the molecule is CC(C)[Si](C#Cc1c(F)ccc2cc(N=C(c3ccccc3)c3ccccc3)cc(-c3nc4c5c(nc(OC[C@@]67CCCN6C[C@H](F)C7)nc5c3F)N3CCCOC[C@@H]3CC4)c12)(C(C)C)C(C)C. The summed E-state index contributed by atoms with van der Waals surface area (Å²) in [6.45, 7) is 16.6. The van der Waals surface area contributed by atoms with E-state index in [0.717, 1.165) is 42.6 Å². The van der Waals surface area contributed by atoms with E-state index in [2.05, 4.69) is 62.8 Å². The van der Waals surface area contributed by atoms with Crippen LogP contribution in [0.25, 0.3) is 32.9 Å². The zero-order valence-electron chi connectivity index (χ0n) is 40.1. The molecule has 0 N–H and O–H groups in total. The van der Waals surface area contributed by atoms with Gasteiger partial charge in [0, 0.05) is 48.2 Å². The highest BCUT2D eigenvalue weighted by molar-refractivity contribution is 6.90. The molecule has 3 fully saturated rings. The lowest BCUT2D eigenvalue weighted by atomic mass is 9.94. The normalized spacial score (nSPS) is 20.6. The van der Waals surface area contributed by atoms with Crippen LogP contribution >= 0.6 is 0 Å². The van der Waals surface area contributed by atoms with E-state index in [1.165, 1.54) is 6.07 Å². The maximum absolute atomic E-state index is 18.4. The van der Waals surface area contributed by atoms with Gasteiger partial charge in [0.05, 0.1) is 46.2 Å². The number of rotatable bonds is 10. The van der Waals surface area contributed by atoms with Crippen LogP contribution in [0, 0.1) is 23.1 Å². The van der Waals surface area contributed by atoms with Crippen molar-refractivity contribution in [2.75, 3.05) is 44.4 Å². The van der Waals surface area contributed by atoms with Crippen molar-refractivity contribution in [1.29, 1.82) is 0 Å². The van der Waals surface area contributed by atoms with Crippen LogP contribution < -0.4 is 9.64 Å². The molecule has 6 heterocycles. The van der Waals surface area contributed by atoms with Crippen molar-refractivity contribution in [3.8, 4) is 28.7 Å². The predicted molar refractivity (Wildman–Crippen MR) is 270 cm³/mol. The molecular weight excluding hydrogens is 874 g/mol. The molecule has 8 nitrogen and oxygen atoms in total. The zero-order chi connectivity index (χ0) is 47.3. The number of aliphatic imine (C=N–C) groups is 1. The molecule has 68 heavy (non-hydrogen) atoms. The summed E-state index contributed by atoms with van der Waals surface area (Å²) in [5, 5.41) is 1.67. The molecule has 4 aliphatic rings. The van der Waals surface area contributed by atoms with Gasteiger partial charge in [-0.25, -0.2) is 23.1 Å². The standard InChI is InChI=1S/C56H61F3N6O2Si/c1-35(2)68(36(3)4,37(5)6)28-23-44-46(58)21-19-40-29-42(60-51(38-15-9-7-10-16-38)39-17-11-8-12-18-39)30-45(48(40)44)52-50(59)53-49-47(61-52)22-20-43-33-66-27-14-26-65(43)54(49)63-55(62-53)67-34-56-24-13-25-64(56)32-41(57)31-56/h7-12,15-19,21,29-30,35-37,41,43H,13-14,20,22,24-27,31-34H2,1-6H3/t41-,43+,56+/m1/s1. The van der Waals surface area contributed by atoms with E-state index in [4.69, 9.17) is 29.4 Å². The third-order valence-corrected chi connectivity index (χ3v) is 21.7. The van der Waals surface area contributed by atoms with Gasteiger partial charge in [0.2, 0.25) is 0 Å². The first-order valence-electron chi connectivity index (χ1n) is 24.6. The first-order valence-corrected chi connectivity index (χ1v) is 26.9. The number of nitrogens with zero attached hydrogens (tertiary/aromatic N) is 6. The Morgan fingerprint density at radius 2 is 1.60 bits per heavy atom. The molecule has 0 amide bonds. The van der Waals surface area contributed by atoms with Crippen LogP contribution in [0.1, 0.15) is 96.0 Å². The molecule has 0 spiro atoms. The van der Waals surface area contributed by atoms with Gasteiger partial charge in [-0.1, -0.05) is 114 Å². The van der Waals surface area contributed by atoms with Crippen molar-refractivity contribution in [2.24, 2.45) is 4.99 Å². The van der Waals surface area contributed by atoms with Gasteiger partial charge in [-0.2, -0.15) is 9.97 Å². The molecule has 12 heteroatoms. The quantitative estimate of drug-likeness (QED) is 0.0769. The Balaban J connectivity index is 1.24. The van der Waals surface area contributed by atoms with E-state index in [-0.39, 0.29) is 35.4 Å². The van der Waals surface area contributed by atoms with Crippen LogP contribution in [0.3, 0.4) is 0 Å². The monoisotopic (exact) mass is 934 g/mol. The Morgan fingerprint density at radius 1 is 0.882 bits per heavy atom. The Kier molecular flexibility index (Phi) is 12.7. The molecule has 6 aromatic rings. The molecule has 4 aliphatic heterocycles. The van der Waals surface area contributed by atoms with Gasteiger partial charge in [-0.05, 0) is 78.9 Å². The van der Waals surface area contributed by atoms with Crippen molar-refractivity contribution in [1.82, 2.24) is 19.9 Å². The molecule has 4 aromatic carbocycles. The fourth-order valence-electron chi connectivity index (χ4n) is 12.2. The summed E-state index contributed by atoms with van der Waals surface area (Å²) in [4.78, 5) is 25.0. The number of halogens is 3. The number of hydrogen-bond donors (Lipinski definition) is 0. The molecule has 0 bridgehead atoms. The summed E-state index contributed by atoms with van der Waals surface area (Å²) >= 11 is 0. The first kappa shape index (κ1) is 46.1. The largest absolute Gasteiger partial charge is 0.461 e. The number of anilines is 1. The second-order valence-corrected chi connectivity index (χ2v) is 25.9. The summed E-state index contributed by atoms with van der Waals surface area (Å²) in [6.07, 6.45) is 3.19. The van der Waals surface area contributed by atoms with Crippen LogP contribution in [-0.4, -0.2) is 90.8 Å². The minimum Gasteiger partial charge on any atom is -0.461 e. The molecule has 0 saturated carbocycles. The van der Waals surface area contributed by atoms with Crippen molar-refractivity contribution >= 4 is 47.0 Å². The lowest BCUT2D eigenvalue weighted by Gasteiger charge is -2.38. The van der Waals surface area contributed by atoms with Crippen molar-refractivity contribution in [2.45, 2.75) is 114 Å². The van der Waals surface area contributed by atoms with Crippen LogP contribution in [-0.2, 0) is 11.2 Å². The van der Waals surface area contributed by atoms with E-state index in [1.54, 1.807) is 6.07 Å². The Labute approximate surface area is 399 Å². The van der Waals surface area contributed by atoms with E-state index >= 15 is 8.78 Å². The van der Waals surface area contributed by atoms with E-state index in [1.807, 2.05) is 72.8 Å². The summed E-state index contributed by atoms with van der Waals surface area (Å²) in [6, 6.07) is 26.9. The van der Waals surface area contributed by atoms with E-state index < -0.39 is 31.4 Å². The Morgan fingerprint density at radius 3 is 2.31 bits per heavy atom. The highest BCUT2D eigenvalue weighted by atomic mass is 28.3. The van der Waals surface area contributed by atoms with Crippen molar-refractivity contribution in [3.63, 3.8) is 0 Å². The number of alkyl halides is 1. The Bertz CT molecular complexity index is 2890. The number of benzene rings is 4. The van der Waals surface area contributed by atoms with Crippen LogP contribution in [0.15, 0.2) is 89.9 Å². The average Bonchev–Trinajstić information content (AvgIpc) is 3.69. The Hall–Kier alpha value is -5.61. The number of ether oxygens (including phenoxy) is 2. The minimum absolute atomic E-state index is 0.0322. The zero-order valence-corrected chi connectivity index (χ0v) is 41.1. The van der Waals surface area contributed by atoms with Gasteiger partial charge in [0.1, 0.15) is 43.7 Å². The fraction of sp³-hybridized carbons (Fsp3) is 0.429. The average molecular weight is 935 g/mol. The summed E-state index contributed by atoms with van der Waals surface area (Å²) in [7, 11) is -2.36. The maximum Gasteiger partial charge on any atom is 0.319 e. The van der Waals surface area contributed by atoms with Crippen molar-refractivity contribution in [3.05, 3.63) is 119 Å². The molecule has 352 valence electrons. The van der Waals surface area contributed by atoms with Gasteiger partial charge < -0.3 is 14.4 Å². The molecule has 2 aromatic heterocycles. The fourth-order valence-corrected chi connectivity index (χ4v) is 17.4. The molecule has 10 rings (SSSR count). The summed E-state index contributed by atoms with van der Waals surface area (Å²) < 4.78 is 62.8. The summed E-state index contributed by atoms with van der Waals surface area (Å²) in [5.41, 5.74) is 8.67. The third kappa shape index (κ3) is 8.28. The molecule has 3 atom stereocenters. The van der Waals surface area contributed by atoms with Gasteiger partial charge >= 0.3 is 6.01 Å². The molecule has 3 saturated heterocycles. The summed E-state index contributed by atoms with van der Waals surface area (Å²) in [5.74, 6) is 2.86. The first-order chi connectivity index (χ1) is 32.9. The smallest absolute Gasteiger partial charge is 0.319 e. The number of aromatic nitrogens is 3. The van der Waals surface area contributed by atoms with E-state index in [0.29, 0.717) is 101 Å². The highest BCUT2D eigenvalue weighted by Gasteiger charge is 2.49. The molecule has 0 radical (unpaired) electrons. The van der Waals surface area contributed by atoms with Gasteiger partial charge in [-0.3, -0.25) is 4.90 Å². The predicted octanol–water partition coefficient (Wildman–Crippen LogP) is 12.4. The highest BCUT2D eigenvalue weighted by Crippen LogP contribution is 2.45.